The Bertz CT molecular complexity index is 1030. The summed E-state index contributed by atoms with van der Waals surface area (Å²) in [4.78, 5) is 6.70. The van der Waals surface area contributed by atoms with Gasteiger partial charge in [0.05, 0.1) is 33.4 Å². The maximum absolute atomic E-state index is 6.34. The number of rotatable bonds is 6. The topological polar surface area (TPSA) is 58.0 Å². The zero-order valence-corrected chi connectivity index (χ0v) is 17.8. The molecule has 7 heteroatoms. The average Bonchev–Trinajstić information content (AvgIpc) is 3.21. The van der Waals surface area contributed by atoms with E-state index in [1.807, 2.05) is 36.8 Å². The van der Waals surface area contributed by atoms with Crippen molar-refractivity contribution in [3.8, 4) is 28.7 Å². The molecule has 0 radical (unpaired) electrons. The van der Waals surface area contributed by atoms with Crippen molar-refractivity contribution in [2.45, 2.75) is 33.1 Å². The predicted octanol–water partition coefficient (Wildman–Crippen LogP) is 4.24. The van der Waals surface area contributed by atoms with Crippen molar-refractivity contribution in [3.05, 3.63) is 59.7 Å². The Kier molecular flexibility index (Phi) is 5.81. The highest BCUT2D eigenvalue weighted by Gasteiger charge is 2.22. The summed E-state index contributed by atoms with van der Waals surface area (Å²) in [6.45, 7) is 5.23. The number of aryl methyl sites for hydroxylation is 1. The van der Waals surface area contributed by atoms with E-state index in [0.717, 1.165) is 48.0 Å². The fourth-order valence-corrected chi connectivity index (χ4v) is 3.77. The Morgan fingerprint density at radius 2 is 1.67 bits per heavy atom. The smallest absolute Gasteiger partial charge is 0.164 e. The highest BCUT2D eigenvalue weighted by Crippen LogP contribution is 2.41. The van der Waals surface area contributed by atoms with Crippen LogP contribution in [0, 0.1) is 0 Å². The van der Waals surface area contributed by atoms with E-state index in [1.165, 1.54) is 5.69 Å². The molecule has 0 unspecified atom stereocenters. The summed E-state index contributed by atoms with van der Waals surface area (Å²) in [6.07, 6.45) is 3.81. The van der Waals surface area contributed by atoms with E-state index in [0.29, 0.717) is 18.0 Å². The van der Waals surface area contributed by atoms with Crippen LogP contribution in [-0.4, -0.2) is 35.8 Å². The molecule has 2 heterocycles. The third-order valence-electron chi connectivity index (χ3n) is 5.37. The minimum Gasteiger partial charge on any atom is -0.497 e. The third kappa shape index (κ3) is 3.93. The fourth-order valence-electron chi connectivity index (χ4n) is 3.77. The van der Waals surface area contributed by atoms with Crippen LogP contribution < -0.4 is 18.9 Å². The average molecular weight is 409 g/mol. The lowest BCUT2D eigenvalue weighted by Crippen LogP contribution is -2.25. The molecule has 0 saturated heterocycles. The zero-order valence-electron chi connectivity index (χ0n) is 17.8. The van der Waals surface area contributed by atoms with Crippen LogP contribution in [0.2, 0.25) is 0 Å². The second kappa shape index (κ2) is 8.67. The van der Waals surface area contributed by atoms with E-state index in [-0.39, 0.29) is 0 Å². The molecular weight excluding hydrogens is 382 g/mol. The first-order valence-electron chi connectivity index (χ1n) is 9.96. The van der Waals surface area contributed by atoms with Crippen molar-refractivity contribution >= 4 is 0 Å². The molecule has 158 valence electrons. The molecule has 0 bridgehead atoms. The molecule has 1 aliphatic rings. The fraction of sp³-hybridized carbons (Fsp3) is 0.348. The minimum absolute atomic E-state index is 0.636. The maximum Gasteiger partial charge on any atom is 0.164 e. The summed E-state index contributed by atoms with van der Waals surface area (Å²) in [6, 6.07) is 9.83. The van der Waals surface area contributed by atoms with E-state index in [4.69, 9.17) is 18.9 Å². The van der Waals surface area contributed by atoms with Crippen LogP contribution in [0.25, 0.3) is 0 Å². The predicted molar refractivity (Wildman–Crippen MR) is 113 cm³/mol. The Hall–Kier alpha value is -3.19. The molecule has 0 aliphatic carbocycles. The molecule has 1 aromatic heterocycles. The normalized spacial score (nSPS) is 13.5. The van der Waals surface area contributed by atoms with Gasteiger partial charge in [-0.15, -0.1) is 0 Å². The minimum atomic E-state index is 0.636. The van der Waals surface area contributed by atoms with Crippen molar-refractivity contribution in [2.24, 2.45) is 0 Å². The van der Waals surface area contributed by atoms with Gasteiger partial charge >= 0.3 is 0 Å². The van der Waals surface area contributed by atoms with Crippen LogP contribution in [-0.2, 0) is 26.2 Å². The molecule has 1 aliphatic heterocycles. The lowest BCUT2D eigenvalue weighted by atomic mass is 10.1. The molecular formula is C23H27N3O4. The number of benzene rings is 2. The standard InChI is InChI=1S/C23H27N3O4/c1-5-26-15-24-11-18(26)14-25-12-16-6-7-19(27-2)9-20(16)30-21-10-23(29-4)22(28-3)8-17(21)13-25/h6-11,15H,5,12-14H2,1-4H3. The largest absolute Gasteiger partial charge is 0.497 e. The quantitative estimate of drug-likeness (QED) is 0.607. The lowest BCUT2D eigenvalue weighted by Gasteiger charge is -2.28. The van der Waals surface area contributed by atoms with E-state index in [9.17, 15) is 0 Å². The second-order valence-electron chi connectivity index (χ2n) is 7.21. The molecule has 0 amide bonds. The number of ether oxygens (including phenoxy) is 4. The number of fused-ring (bicyclic) bond motifs is 2. The molecule has 0 N–H and O–H groups in total. The first-order valence-corrected chi connectivity index (χ1v) is 9.96. The van der Waals surface area contributed by atoms with E-state index < -0.39 is 0 Å². The van der Waals surface area contributed by atoms with Crippen LogP contribution in [0.5, 0.6) is 28.7 Å². The molecule has 30 heavy (non-hydrogen) atoms. The number of imidazole rings is 1. The zero-order chi connectivity index (χ0) is 21.1. The summed E-state index contributed by atoms with van der Waals surface area (Å²) in [5.74, 6) is 3.60. The van der Waals surface area contributed by atoms with Crippen LogP contribution in [0.15, 0.2) is 42.9 Å². The van der Waals surface area contributed by atoms with Gasteiger partial charge in [-0.25, -0.2) is 4.98 Å². The van der Waals surface area contributed by atoms with Crippen molar-refractivity contribution in [1.29, 1.82) is 0 Å². The van der Waals surface area contributed by atoms with Gasteiger partial charge in [-0.05, 0) is 19.1 Å². The van der Waals surface area contributed by atoms with Crippen LogP contribution in [0.4, 0.5) is 0 Å². The SMILES string of the molecule is CCn1cncc1CN1Cc2ccc(OC)cc2Oc2cc(OC)c(OC)cc2C1. The van der Waals surface area contributed by atoms with Gasteiger partial charge in [0, 0.05) is 55.6 Å². The van der Waals surface area contributed by atoms with Gasteiger partial charge in [0.15, 0.2) is 11.5 Å². The van der Waals surface area contributed by atoms with Crippen LogP contribution in [0.1, 0.15) is 23.7 Å². The van der Waals surface area contributed by atoms with Gasteiger partial charge < -0.3 is 23.5 Å². The maximum atomic E-state index is 6.34. The van der Waals surface area contributed by atoms with Gasteiger partial charge in [-0.2, -0.15) is 0 Å². The van der Waals surface area contributed by atoms with E-state index in [2.05, 4.69) is 27.4 Å². The van der Waals surface area contributed by atoms with Gasteiger partial charge in [0.2, 0.25) is 0 Å². The highest BCUT2D eigenvalue weighted by atomic mass is 16.5. The summed E-state index contributed by atoms with van der Waals surface area (Å²) in [5, 5.41) is 0. The number of hydrogen-bond acceptors (Lipinski definition) is 6. The Balaban J connectivity index is 1.78. The van der Waals surface area contributed by atoms with Gasteiger partial charge in [-0.3, -0.25) is 4.90 Å². The molecule has 3 aromatic rings. The second-order valence-corrected chi connectivity index (χ2v) is 7.21. The molecule has 0 saturated carbocycles. The van der Waals surface area contributed by atoms with Crippen LogP contribution >= 0.6 is 0 Å². The lowest BCUT2D eigenvalue weighted by molar-refractivity contribution is 0.228. The molecule has 7 nitrogen and oxygen atoms in total. The van der Waals surface area contributed by atoms with Gasteiger partial charge in [-0.1, -0.05) is 6.07 Å². The monoisotopic (exact) mass is 409 g/mol. The summed E-state index contributed by atoms with van der Waals surface area (Å²) < 4.78 is 24.9. The van der Waals surface area contributed by atoms with E-state index >= 15 is 0 Å². The first kappa shape index (κ1) is 20.1. The van der Waals surface area contributed by atoms with Crippen molar-refractivity contribution in [2.75, 3.05) is 21.3 Å². The Morgan fingerprint density at radius 1 is 0.933 bits per heavy atom. The van der Waals surface area contributed by atoms with Gasteiger partial charge in [0.1, 0.15) is 17.2 Å². The summed E-state index contributed by atoms with van der Waals surface area (Å²) in [5.41, 5.74) is 3.30. The summed E-state index contributed by atoms with van der Waals surface area (Å²) in [7, 11) is 4.93. The van der Waals surface area contributed by atoms with Crippen molar-refractivity contribution in [3.63, 3.8) is 0 Å². The molecule has 0 spiro atoms. The van der Waals surface area contributed by atoms with Crippen LogP contribution in [0.3, 0.4) is 0 Å². The van der Waals surface area contributed by atoms with E-state index in [1.54, 1.807) is 21.3 Å². The van der Waals surface area contributed by atoms with Crippen molar-refractivity contribution in [1.82, 2.24) is 14.5 Å². The number of aromatic nitrogens is 2. The molecule has 0 fully saturated rings. The number of nitrogens with zero attached hydrogens (tertiary/aromatic N) is 3. The number of hydrogen-bond donors (Lipinski definition) is 0. The first-order chi connectivity index (χ1) is 14.6. The van der Waals surface area contributed by atoms with Crippen molar-refractivity contribution < 1.29 is 18.9 Å². The molecule has 4 rings (SSSR count). The summed E-state index contributed by atoms with van der Waals surface area (Å²) >= 11 is 0. The molecule has 2 aromatic carbocycles. The third-order valence-corrected chi connectivity index (χ3v) is 5.37. The Morgan fingerprint density at radius 3 is 2.40 bits per heavy atom. The highest BCUT2D eigenvalue weighted by molar-refractivity contribution is 5.53. The number of methoxy groups -OCH3 is 3. The van der Waals surface area contributed by atoms with Gasteiger partial charge in [0.25, 0.3) is 0 Å². The Labute approximate surface area is 176 Å². The molecule has 0 atom stereocenters.